The number of hydrogen-bond acceptors (Lipinski definition) is 5. The van der Waals surface area contributed by atoms with E-state index in [0.29, 0.717) is 17.6 Å². The first kappa shape index (κ1) is 18.5. The standard InChI is InChI=1S/C17H22N4O4S/c1-4-19-11-14(15(22)13-6-5-12(2)18-16(13)19)17(23)20-7-9-21(10-8-20)26(3,24)25/h5-6,11H,4,7-10H2,1-3H3. The van der Waals surface area contributed by atoms with E-state index in [9.17, 15) is 18.0 Å². The van der Waals surface area contributed by atoms with E-state index < -0.39 is 10.0 Å². The molecular weight excluding hydrogens is 356 g/mol. The Morgan fingerprint density at radius 1 is 1.19 bits per heavy atom. The average molecular weight is 378 g/mol. The van der Waals surface area contributed by atoms with E-state index in [-0.39, 0.29) is 43.1 Å². The van der Waals surface area contributed by atoms with Crippen molar-refractivity contribution in [2.24, 2.45) is 0 Å². The molecule has 3 rings (SSSR count). The second-order valence-corrected chi connectivity index (χ2v) is 8.42. The Kier molecular flexibility index (Phi) is 4.85. The molecule has 1 aliphatic rings. The summed E-state index contributed by atoms with van der Waals surface area (Å²) in [5.74, 6) is -0.368. The highest BCUT2D eigenvalue weighted by atomic mass is 32.2. The van der Waals surface area contributed by atoms with Gasteiger partial charge < -0.3 is 9.47 Å². The third kappa shape index (κ3) is 3.36. The molecule has 1 amide bonds. The Hall–Kier alpha value is -2.26. The third-order valence-corrected chi connectivity index (χ3v) is 5.93. The predicted octanol–water partition coefficient (Wildman–Crippen LogP) is 0.442. The molecule has 2 aromatic rings. The lowest BCUT2D eigenvalue weighted by atomic mass is 10.1. The molecule has 1 aliphatic heterocycles. The van der Waals surface area contributed by atoms with Crippen molar-refractivity contribution in [2.75, 3.05) is 32.4 Å². The fourth-order valence-corrected chi connectivity index (χ4v) is 3.97. The maximum atomic E-state index is 12.9. The Bertz CT molecular complexity index is 1020. The average Bonchev–Trinajstić information content (AvgIpc) is 2.61. The van der Waals surface area contributed by atoms with Crippen LogP contribution in [0.4, 0.5) is 0 Å². The maximum Gasteiger partial charge on any atom is 0.259 e. The molecule has 0 aliphatic carbocycles. The van der Waals surface area contributed by atoms with E-state index in [1.54, 1.807) is 22.9 Å². The van der Waals surface area contributed by atoms with E-state index in [4.69, 9.17) is 0 Å². The Balaban J connectivity index is 1.96. The molecule has 9 heteroatoms. The van der Waals surface area contributed by atoms with Gasteiger partial charge in [0.2, 0.25) is 15.5 Å². The van der Waals surface area contributed by atoms with Crippen molar-refractivity contribution in [1.82, 2.24) is 18.8 Å². The minimum atomic E-state index is -3.27. The second kappa shape index (κ2) is 6.81. The van der Waals surface area contributed by atoms with E-state index in [1.807, 2.05) is 13.8 Å². The number of piperazine rings is 1. The van der Waals surface area contributed by atoms with Crippen molar-refractivity contribution in [3.8, 4) is 0 Å². The molecule has 1 fully saturated rings. The molecule has 1 saturated heterocycles. The van der Waals surface area contributed by atoms with Gasteiger partial charge in [0.25, 0.3) is 5.91 Å². The summed E-state index contributed by atoms with van der Waals surface area (Å²) in [4.78, 5) is 31.6. The summed E-state index contributed by atoms with van der Waals surface area (Å²) in [6, 6.07) is 3.45. The molecular formula is C17H22N4O4S. The van der Waals surface area contributed by atoms with Crippen LogP contribution in [0.15, 0.2) is 23.1 Å². The molecule has 0 bridgehead atoms. The van der Waals surface area contributed by atoms with Crippen LogP contribution in [0.5, 0.6) is 0 Å². The monoisotopic (exact) mass is 378 g/mol. The maximum absolute atomic E-state index is 12.9. The van der Waals surface area contributed by atoms with E-state index in [1.165, 1.54) is 9.21 Å². The van der Waals surface area contributed by atoms with Gasteiger partial charge in [-0.2, -0.15) is 4.31 Å². The number of amides is 1. The number of aryl methyl sites for hydroxylation is 2. The fraction of sp³-hybridized carbons (Fsp3) is 0.471. The van der Waals surface area contributed by atoms with Gasteiger partial charge in [0, 0.05) is 44.6 Å². The van der Waals surface area contributed by atoms with Crippen LogP contribution in [0.3, 0.4) is 0 Å². The number of rotatable bonds is 3. The van der Waals surface area contributed by atoms with Gasteiger partial charge in [0.1, 0.15) is 11.2 Å². The largest absolute Gasteiger partial charge is 0.336 e. The number of aromatic nitrogens is 2. The van der Waals surface area contributed by atoms with Gasteiger partial charge in [-0.25, -0.2) is 13.4 Å². The zero-order valence-corrected chi connectivity index (χ0v) is 15.9. The van der Waals surface area contributed by atoms with Crippen LogP contribution >= 0.6 is 0 Å². The Morgan fingerprint density at radius 3 is 2.42 bits per heavy atom. The molecule has 0 aromatic carbocycles. The summed E-state index contributed by atoms with van der Waals surface area (Å²) in [7, 11) is -3.27. The van der Waals surface area contributed by atoms with Crippen LogP contribution in [-0.4, -0.2) is 65.5 Å². The highest BCUT2D eigenvalue weighted by molar-refractivity contribution is 7.88. The quantitative estimate of drug-likeness (QED) is 0.773. The van der Waals surface area contributed by atoms with Crippen molar-refractivity contribution in [2.45, 2.75) is 20.4 Å². The van der Waals surface area contributed by atoms with Gasteiger partial charge in [-0.1, -0.05) is 0 Å². The van der Waals surface area contributed by atoms with Crippen LogP contribution in [0, 0.1) is 6.92 Å². The number of carbonyl (C=O) groups is 1. The van der Waals surface area contributed by atoms with Gasteiger partial charge >= 0.3 is 0 Å². The highest BCUT2D eigenvalue weighted by Gasteiger charge is 2.28. The molecule has 0 unspecified atom stereocenters. The normalized spacial score (nSPS) is 16.2. The van der Waals surface area contributed by atoms with Crippen molar-refractivity contribution >= 4 is 27.0 Å². The van der Waals surface area contributed by atoms with Gasteiger partial charge in [0.05, 0.1) is 11.6 Å². The smallest absolute Gasteiger partial charge is 0.259 e. The molecule has 8 nitrogen and oxygen atoms in total. The van der Waals surface area contributed by atoms with Gasteiger partial charge in [-0.05, 0) is 26.0 Å². The molecule has 0 N–H and O–H groups in total. The predicted molar refractivity (Wildman–Crippen MR) is 98.7 cm³/mol. The Morgan fingerprint density at radius 2 is 1.85 bits per heavy atom. The number of sulfonamides is 1. The van der Waals surface area contributed by atoms with Crippen LogP contribution in [0.2, 0.25) is 0 Å². The van der Waals surface area contributed by atoms with Crippen LogP contribution in [0.25, 0.3) is 11.0 Å². The van der Waals surface area contributed by atoms with E-state index in [0.717, 1.165) is 11.9 Å². The van der Waals surface area contributed by atoms with Crippen LogP contribution < -0.4 is 5.43 Å². The lowest BCUT2D eigenvalue weighted by molar-refractivity contribution is 0.0696. The molecule has 0 radical (unpaired) electrons. The second-order valence-electron chi connectivity index (χ2n) is 6.44. The number of nitrogens with zero attached hydrogens (tertiary/aromatic N) is 4. The minimum Gasteiger partial charge on any atom is -0.336 e. The number of fused-ring (bicyclic) bond motifs is 1. The van der Waals surface area contributed by atoms with Crippen molar-refractivity contribution in [3.63, 3.8) is 0 Å². The molecule has 140 valence electrons. The molecule has 0 atom stereocenters. The minimum absolute atomic E-state index is 0.0952. The zero-order chi connectivity index (χ0) is 19.1. The number of pyridine rings is 2. The lowest BCUT2D eigenvalue weighted by Gasteiger charge is -2.33. The summed E-state index contributed by atoms with van der Waals surface area (Å²) in [6.45, 7) is 5.36. The highest BCUT2D eigenvalue weighted by Crippen LogP contribution is 2.14. The lowest BCUT2D eigenvalue weighted by Crippen LogP contribution is -2.51. The Labute approximate surface area is 152 Å². The van der Waals surface area contributed by atoms with Gasteiger partial charge in [0.15, 0.2) is 0 Å². The first-order chi connectivity index (χ1) is 12.2. The summed E-state index contributed by atoms with van der Waals surface area (Å²) >= 11 is 0. The molecule has 26 heavy (non-hydrogen) atoms. The summed E-state index contributed by atoms with van der Waals surface area (Å²) < 4.78 is 26.3. The van der Waals surface area contributed by atoms with Crippen LogP contribution in [0.1, 0.15) is 23.0 Å². The van der Waals surface area contributed by atoms with Gasteiger partial charge in [-0.3, -0.25) is 9.59 Å². The van der Waals surface area contributed by atoms with Crippen LogP contribution in [-0.2, 0) is 16.6 Å². The zero-order valence-electron chi connectivity index (χ0n) is 15.1. The van der Waals surface area contributed by atoms with Crippen molar-refractivity contribution in [1.29, 1.82) is 0 Å². The summed E-state index contributed by atoms with van der Waals surface area (Å²) in [5, 5.41) is 0.415. The fourth-order valence-electron chi connectivity index (χ4n) is 3.15. The van der Waals surface area contributed by atoms with Crippen molar-refractivity contribution < 1.29 is 13.2 Å². The van der Waals surface area contributed by atoms with Gasteiger partial charge in [-0.15, -0.1) is 0 Å². The topological polar surface area (TPSA) is 92.6 Å². The number of carbonyl (C=O) groups excluding carboxylic acids is 1. The molecule has 0 spiro atoms. The number of hydrogen-bond donors (Lipinski definition) is 0. The van der Waals surface area contributed by atoms with Crippen molar-refractivity contribution in [3.05, 3.63) is 39.8 Å². The van der Waals surface area contributed by atoms with E-state index >= 15 is 0 Å². The molecule has 2 aromatic heterocycles. The third-order valence-electron chi connectivity index (χ3n) is 4.63. The summed E-state index contributed by atoms with van der Waals surface area (Å²) in [6.07, 6.45) is 2.71. The first-order valence-corrected chi connectivity index (χ1v) is 10.3. The molecule has 0 saturated carbocycles. The van der Waals surface area contributed by atoms with E-state index in [2.05, 4.69) is 4.98 Å². The first-order valence-electron chi connectivity index (χ1n) is 8.47. The SMILES string of the molecule is CCn1cc(C(=O)N2CCN(S(C)(=O)=O)CC2)c(=O)c2ccc(C)nc21. The summed E-state index contributed by atoms with van der Waals surface area (Å²) in [5.41, 5.74) is 1.12. The molecule has 3 heterocycles.